The largest absolute Gasteiger partial charge is 0.477 e. The number of nitriles is 1. The van der Waals surface area contributed by atoms with Crippen molar-refractivity contribution in [3.63, 3.8) is 0 Å². The van der Waals surface area contributed by atoms with Crippen molar-refractivity contribution in [3.8, 4) is 23.4 Å². The van der Waals surface area contributed by atoms with Crippen molar-refractivity contribution in [1.29, 1.82) is 5.26 Å². The van der Waals surface area contributed by atoms with Crippen LogP contribution in [0.4, 0.5) is 0 Å². The molecule has 0 aliphatic rings. The van der Waals surface area contributed by atoms with E-state index in [1.165, 1.54) is 10.9 Å². The molecular weight excluding hydrogens is 600 g/mol. The van der Waals surface area contributed by atoms with E-state index < -0.39 is 0 Å². The van der Waals surface area contributed by atoms with Crippen LogP contribution in [-0.4, -0.2) is 22.5 Å². The monoisotopic (exact) mass is 610 g/mol. The van der Waals surface area contributed by atoms with Gasteiger partial charge in [0.25, 0.3) is 5.56 Å². The molecule has 172 valence electrons. The number of hydrogen-bond acceptors (Lipinski definition) is 6. The van der Waals surface area contributed by atoms with Gasteiger partial charge in [-0.05, 0) is 64.5 Å². The molecule has 5 aromatic rings. The van der Waals surface area contributed by atoms with Crippen molar-refractivity contribution in [2.24, 2.45) is 5.10 Å². The molecule has 0 fully saturated rings. The Kier molecular flexibility index (Phi) is 6.43. The Balaban J connectivity index is 1.72. The maximum atomic E-state index is 13.5. The minimum absolute atomic E-state index is 0.168. The van der Waals surface area contributed by atoms with E-state index in [-0.39, 0.29) is 18.0 Å². The molecule has 10 heteroatoms. The normalized spacial score (nSPS) is 11.4. The van der Waals surface area contributed by atoms with Crippen LogP contribution in [0.2, 0.25) is 5.02 Å². The molecule has 0 unspecified atom stereocenters. The molecular formula is C25H13Br2ClN4O3. The van der Waals surface area contributed by atoms with Gasteiger partial charge in [-0.3, -0.25) is 4.79 Å². The first-order valence-corrected chi connectivity index (χ1v) is 12.2. The van der Waals surface area contributed by atoms with E-state index >= 15 is 0 Å². The summed E-state index contributed by atoms with van der Waals surface area (Å²) in [5, 5.41) is 15.1. The lowest BCUT2D eigenvalue weighted by Gasteiger charge is -2.10. The number of para-hydroxylation sites is 1. The fraction of sp³-hybridized carbons (Fsp3) is 0.0400. The zero-order valence-electron chi connectivity index (χ0n) is 17.7. The molecule has 0 atom stereocenters. The topological polar surface area (TPSA) is 93.4 Å². The highest BCUT2D eigenvalue weighted by Gasteiger charge is 2.17. The molecule has 0 radical (unpaired) electrons. The number of hydrogen-bond donors (Lipinski definition) is 0. The number of furan rings is 1. The second-order valence-electron chi connectivity index (χ2n) is 7.36. The van der Waals surface area contributed by atoms with Gasteiger partial charge >= 0.3 is 0 Å². The predicted molar refractivity (Wildman–Crippen MR) is 142 cm³/mol. The molecule has 2 aromatic heterocycles. The van der Waals surface area contributed by atoms with Gasteiger partial charge in [-0.15, -0.1) is 0 Å². The van der Waals surface area contributed by atoms with E-state index in [0.29, 0.717) is 43.1 Å². The van der Waals surface area contributed by atoms with Gasteiger partial charge < -0.3 is 9.15 Å². The van der Waals surface area contributed by atoms with Gasteiger partial charge in [-0.2, -0.15) is 15.0 Å². The Labute approximate surface area is 220 Å². The fourth-order valence-corrected chi connectivity index (χ4v) is 4.89. The lowest BCUT2D eigenvalue weighted by Crippen LogP contribution is -2.20. The molecule has 0 aliphatic heterocycles. The number of benzene rings is 3. The minimum Gasteiger partial charge on any atom is -0.477 e. The number of aromatic nitrogens is 2. The van der Waals surface area contributed by atoms with Crippen molar-refractivity contribution in [3.05, 3.63) is 90.5 Å². The summed E-state index contributed by atoms with van der Waals surface area (Å²) in [4.78, 5) is 18.1. The average molecular weight is 613 g/mol. The highest BCUT2D eigenvalue weighted by Crippen LogP contribution is 2.32. The van der Waals surface area contributed by atoms with Crippen LogP contribution in [0.5, 0.6) is 5.75 Å². The standard InChI is InChI=1S/C25H13Br2ClN4O3/c26-16-5-6-21-14(9-16)11-22(35-21)24-31-20-4-2-1-3-18(20)25(33)32(24)30-13-15-10-17(28)12-19(27)23(15)34-8-7-29/h1-6,9-13H,8H2. The van der Waals surface area contributed by atoms with Gasteiger partial charge in [0.15, 0.2) is 12.4 Å². The van der Waals surface area contributed by atoms with E-state index in [2.05, 4.69) is 41.9 Å². The number of nitrogens with zero attached hydrogens (tertiary/aromatic N) is 4. The van der Waals surface area contributed by atoms with Crippen LogP contribution in [0.1, 0.15) is 5.56 Å². The Morgan fingerprint density at radius 3 is 2.83 bits per heavy atom. The van der Waals surface area contributed by atoms with Crippen molar-refractivity contribution in [1.82, 2.24) is 9.66 Å². The van der Waals surface area contributed by atoms with Crippen LogP contribution < -0.4 is 10.3 Å². The molecule has 35 heavy (non-hydrogen) atoms. The van der Waals surface area contributed by atoms with Gasteiger partial charge in [-0.25, -0.2) is 4.98 Å². The Bertz CT molecular complexity index is 1740. The van der Waals surface area contributed by atoms with E-state index in [1.54, 1.807) is 36.4 Å². The summed E-state index contributed by atoms with van der Waals surface area (Å²) in [6.07, 6.45) is 1.43. The molecule has 0 spiro atoms. The average Bonchev–Trinajstić information content (AvgIpc) is 3.25. The smallest absolute Gasteiger partial charge is 0.282 e. The minimum atomic E-state index is -0.371. The predicted octanol–water partition coefficient (Wildman–Crippen LogP) is 6.77. The van der Waals surface area contributed by atoms with E-state index in [1.807, 2.05) is 30.3 Å². The maximum Gasteiger partial charge on any atom is 0.282 e. The highest BCUT2D eigenvalue weighted by molar-refractivity contribution is 9.10. The van der Waals surface area contributed by atoms with Crippen LogP contribution in [0.15, 0.2) is 83.9 Å². The summed E-state index contributed by atoms with van der Waals surface area (Å²) in [7, 11) is 0. The molecule has 2 heterocycles. The summed E-state index contributed by atoms with van der Waals surface area (Å²) in [6.45, 7) is -0.168. The van der Waals surface area contributed by atoms with Gasteiger partial charge in [0.1, 0.15) is 17.4 Å². The summed E-state index contributed by atoms with van der Waals surface area (Å²) in [6, 6.07) is 19.6. The lowest BCUT2D eigenvalue weighted by molar-refractivity contribution is 0.365. The first-order valence-electron chi connectivity index (χ1n) is 10.2. The summed E-state index contributed by atoms with van der Waals surface area (Å²) < 4.78 is 14.2. The molecule has 0 N–H and O–H groups in total. The van der Waals surface area contributed by atoms with E-state index in [9.17, 15) is 4.79 Å². The molecule has 0 bridgehead atoms. The second kappa shape index (κ2) is 9.66. The highest BCUT2D eigenvalue weighted by atomic mass is 79.9. The molecule has 3 aromatic carbocycles. The Morgan fingerprint density at radius 1 is 1.17 bits per heavy atom. The van der Waals surface area contributed by atoms with Crippen LogP contribution >= 0.6 is 43.5 Å². The zero-order chi connectivity index (χ0) is 24.5. The van der Waals surface area contributed by atoms with Crippen molar-refractivity contribution in [2.75, 3.05) is 6.61 Å². The summed E-state index contributed by atoms with van der Waals surface area (Å²) in [5.41, 5.74) is 1.26. The molecule has 0 saturated heterocycles. The number of rotatable bonds is 5. The SMILES string of the molecule is N#CCOc1c(Br)cc(Cl)cc1C=Nn1c(-c2cc3cc(Br)ccc3o2)nc2ccccc2c1=O. The Hall–Kier alpha value is -3.45. The van der Waals surface area contributed by atoms with Crippen molar-refractivity contribution < 1.29 is 9.15 Å². The zero-order valence-corrected chi connectivity index (χ0v) is 21.6. The van der Waals surface area contributed by atoms with Crippen LogP contribution in [0.3, 0.4) is 0 Å². The summed E-state index contributed by atoms with van der Waals surface area (Å²) in [5.74, 6) is 0.987. The van der Waals surface area contributed by atoms with Crippen molar-refractivity contribution >= 4 is 71.5 Å². The molecule has 0 aliphatic carbocycles. The third-order valence-electron chi connectivity index (χ3n) is 5.08. The lowest BCUT2D eigenvalue weighted by atomic mass is 10.2. The maximum absolute atomic E-state index is 13.5. The molecule has 0 amide bonds. The van der Waals surface area contributed by atoms with Crippen LogP contribution in [0, 0.1) is 11.3 Å². The Morgan fingerprint density at radius 2 is 2.00 bits per heavy atom. The van der Waals surface area contributed by atoms with E-state index in [0.717, 1.165) is 9.86 Å². The molecule has 0 saturated carbocycles. The van der Waals surface area contributed by atoms with Gasteiger partial charge in [0, 0.05) is 20.4 Å². The third kappa shape index (κ3) is 4.60. The molecule has 5 rings (SSSR count). The number of fused-ring (bicyclic) bond motifs is 2. The van der Waals surface area contributed by atoms with E-state index in [4.69, 9.17) is 26.0 Å². The number of ether oxygens (including phenoxy) is 1. The third-order valence-corrected chi connectivity index (χ3v) is 6.38. The quantitative estimate of drug-likeness (QED) is 0.204. The van der Waals surface area contributed by atoms with Crippen molar-refractivity contribution in [2.45, 2.75) is 0 Å². The van der Waals surface area contributed by atoms with Crippen LogP contribution in [0.25, 0.3) is 33.5 Å². The fourth-order valence-electron chi connectivity index (χ4n) is 3.57. The van der Waals surface area contributed by atoms with Gasteiger partial charge in [0.2, 0.25) is 5.82 Å². The van der Waals surface area contributed by atoms with Gasteiger partial charge in [-0.1, -0.05) is 39.7 Å². The first-order chi connectivity index (χ1) is 16.9. The number of halogens is 3. The van der Waals surface area contributed by atoms with Gasteiger partial charge in [0.05, 0.1) is 21.6 Å². The summed E-state index contributed by atoms with van der Waals surface area (Å²) >= 11 is 13.1. The second-order valence-corrected chi connectivity index (χ2v) is 9.57. The van der Waals surface area contributed by atoms with Crippen LogP contribution in [-0.2, 0) is 0 Å². The molecule has 7 nitrogen and oxygen atoms in total. The first kappa shape index (κ1) is 23.3.